The number of nitrogens with two attached hydrogens (primary N) is 1. The number of halogens is 1. The first kappa shape index (κ1) is 19.7. The molecule has 28 heavy (non-hydrogen) atoms. The lowest BCUT2D eigenvalue weighted by atomic mass is 9.95. The Morgan fingerprint density at radius 3 is 2.36 bits per heavy atom. The Labute approximate surface area is 161 Å². The van der Waals surface area contributed by atoms with Crippen molar-refractivity contribution in [3.05, 3.63) is 77.1 Å². The molecule has 0 saturated carbocycles. The molecule has 7 heteroatoms. The number of aliphatic hydroxyl groups is 2. The fourth-order valence-corrected chi connectivity index (χ4v) is 3.32. The van der Waals surface area contributed by atoms with Gasteiger partial charge in [-0.1, -0.05) is 42.5 Å². The Hall–Kier alpha value is -3.03. The van der Waals surface area contributed by atoms with Crippen LogP contribution in [0.3, 0.4) is 0 Å². The highest BCUT2D eigenvalue weighted by Crippen LogP contribution is 2.39. The second-order valence-corrected chi connectivity index (χ2v) is 6.50. The first-order chi connectivity index (χ1) is 13.5. The number of amides is 1. The minimum Gasteiger partial charge on any atom is -0.507 e. The third kappa shape index (κ3) is 3.95. The van der Waals surface area contributed by atoms with Crippen LogP contribution in [-0.4, -0.2) is 53.0 Å². The van der Waals surface area contributed by atoms with Gasteiger partial charge in [0.05, 0.1) is 37.9 Å². The van der Waals surface area contributed by atoms with Crippen molar-refractivity contribution >= 4 is 17.4 Å². The molecule has 0 bridgehead atoms. The maximum atomic E-state index is 13.4. The summed E-state index contributed by atoms with van der Waals surface area (Å²) in [5.74, 6) is -2.16. The Balaban J connectivity index is 2.04. The van der Waals surface area contributed by atoms with E-state index in [2.05, 4.69) is 0 Å². The Morgan fingerprint density at radius 1 is 1.04 bits per heavy atom. The molecule has 0 aromatic heterocycles. The fraction of sp³-hybridized carbons (Fsp3) is 0.238. The number of likely N-dealkylation sites (tertiary alicyclic amines) is 1. The van der Waals surface area contributed by atoms with Crippen molar-refractivity contribution in [3.8, 4) is 0 Å². The van der Waals surface area contributed by atoms with E-state index < -0.39 is 23.5 Å². The van der Waals surface area contributed by atoms with E-state index in [1.54, 1.807) is 30.3 Å². The molecule has 0 radical (unpaired) electrons. The molecule has 4 N–H and O–H groups in total. The van der Waals surface area contributed by atoms with Crippen LogP contribution in [0, 0.1) is 5.82 Å². The number of Topliss-reactive ketones (excluding diaryl/α,β-unsaturated/α-hetero) is 1. The van der Waals surface area contributed by atoms with Crippen LogP contribution in [-0.2, 0) is 9.59 Å². The largest absolute Gasteiger partial charge is 0.507 e. The summed E-state index contributed by atoms with van der Waals surface area (Å²) in [5.41, 5.74) is 0.963. The van der Waals surface area contributed by atoms with Crippen molar-refractivity contribution in [3.63, 3.8) is 0 Å². The van der Waals surface area contributed by atoms with E-state index in [0.29, 0.717) is 24.2 Å². The van der Waals surface area contributed by atoms with Gasteiger partial charge in [0.15, 0.2) is 0 Å². The fourth-order valence-electron chi connectivity index (χ4n) is 3.32. The van der Waals surface area contributed by atoms with Crippen molar-refractivity contribution in [1.82, 2.24) is 4.90 Å². The molecule has 2 aromatic carbocycles. The van der Waals surface area contributed by atoms with E-state index >= 15 is 0 Å². The van der Waals surface area contributed by atoms with Crippen LogP contribution in [0.1, 0.15) is 17.2 Å². The van der Waals surface area contributed by atoms with Gasteiger partial charge in [0, 0.05) is 5.56 Å². The SMILES string of the molecule is O=C1C(=O)N(CC[NH2+]CCO)C(c2ccc(F)cc2)C1=C(O)c1ccccc1. The van der Waals surface area contributed by atoms with Gasteiger partial charge in [0.2, 0.25) is 0 Å². The number of nitrogens with zero attached hydrogens (tertiary/aromatic N) is 1. The van der Waals surface area contributed by atoms with E-state index in [-0.39, 0.29) is 24.5 Å². The summed E-state index contributed by atoms with van der Waals surface area (Å²) in [6.45, 7) is 1.22. The maximum absolute atomic E-state index is 13.4. The molecule has 6 nitrogen and oxygen atoms in total. The van der Waals surface area contributed by atoms with Crippen LogP contribution in [0.4, 0.5) is 4.39 Å². The van der Waals surface area contributed by atoms with Gasteiger partial charge < -0.3 is 20.4 Å². The van der Waals surface area contributed by atoms with Crippen molar-refractivity contribution in [2.45, 2.75) is 6.04 Å². The summed E-state index contributed by atoms with van der Waals surface area (Å²) < 4.78 is 13.4. The van der Waals surface area contributed by atoms with Crippen LogP contribution >= 0.6 is 0 Å². The molecule has 146 valence electrons. The average Bonchev–Trinajstić information content (AvgIpc) is 2.97. The third-order valence-corrected chi connectivity index (χ3v) is 4.68. The summed E-state index contributed by atoms with van der Waals surface area (Å²) in [6, 6.07) is 13.3. The number of carbonyl (C=O) groups excluding carboxylic acids is 2. The minimum atomic E-state index is -0.802. The summed E-state index contributed by atoms with van der Waals surface area (Å²) in [7, 11) is 0. The number of ketones is 1. The van der Waals surface area contributed by atoms with Crippen molar-refractivity contribution < 1.29 is 29.5 Å². The molecule has 1 fully saturated rings. The molecule has 1 saturated heterocycles. The number of carbonyl (C=O) groups is 2. The molecular weight excluding hydrogens is 363 g/mol. The first-order valence-corrected chi connectivity index (χ1v) is 9.06. The van der Waals surface area contributed by atoms with Crippen LogP contribution in [0.5, 0.6) is 0 Å². The quantitative estimate of drug-likeness (QED) is 0.284. The zero-order valence-electron chi connectivity index (χ0n) is 15.2. The topological polar surface area (TPSA) is 94.5 Å². The second-order valence-electron chi connectivity index (χ2n) is 6.50. The monoisotopic (exact) mass is 385 g/mol. The molecule has 0 spiro atoms. The average molecular weight is 385 g/mol. The Kier molecular flexibility index (Phi) is 6.18. The lowest BCUT2D eigenvalue weighted by Gasteiger charge is -2.24. The van der Waals surface area contributed by atoms with Gasteiger partial charge in [-0.2, -0.15) is 0 Å². The molecule has 1 heterocycles. The highest BCUT2D eigenvalue weighted by atomic mass is 19.1. The number of quaternary nitrogens is 1. The minimum absolute atomic E-state index is 0.00815. The van der Waals surface area contributed by atoms with E-state index in [0.717, 1.165) is 0 Å². The molecule has 1 atom stereocenters. The van der Waals surface area contributed by atoms with E-state index in [1.807, 2.05) is 5.32 Å². The highest BCUT2D eigenvalue weighted by Gasteiger charge is 2.46. The van der Waals surface area contributed by atoms with Gasteiger partial charge in [-0.15, -0.1) is 0 Å². The molecular formula is C21H22FN2O4+. The zero-order chi connectivity index (χ0) is 20.1. The van der Waals surface area contributed by atoms with E-state index in [9.17, 15) is 19.1 Å². The van der Waals surface area contributed by atoms with Gasteiger partial charge in [-0.05, 0) is 17.7 Å². The Bertz CT molecular complexity index is 881. The smallest absolute Gasteiger partial charge is 0.295 e. The summed E-state index contributed by atoms with van der Waals surface area (Å²) >= 11 is 0. The first-order valence-electron chi connectivity index (χ1n) is 9.06. The number of aliphatic hydroxyl groups excluding tert-OH is 2. The van der Waals surface area contributed by atoms with Crippen molar-refractivity contribution in [1.29, 1.82) is 0 Å². The predicted molar refractivity (Wildman–Crippen MR) is 101 cm³/mol. The summed E-state index contributed by atoms with van der Waals surface area (Å²) in [6.07, 6.45) is 0. The number of benzene rings is 2. The van der Waals surface area contributed by atoms with Gasteiger partial charge in [0.25, 0.3) is 11.7 Å². The summed E-state index contributed by atoms with van der Waals surface area (Å²) in [5, 5.41) is 21.5. The molecule has 1 aliphatic heterocycles. The number of rotatable bonds is 7. The lowest BCUT2D eigenvalue weighted by molar-refractivity contribution is -0.655. The van der Waals surface area contributed by atoms with Crippen LogP contribution < -0.4 is 5.32 Å². The molecule has 1 aliphatic rings. The van der Waals surface area contributed by atoms with Crippen molar-refractivity contribution in [2.75, 3.05) is 26.2 Å². The second kappa shape index (κ2) is 8.77. The molecule has 2 aromatic rings. The van der Waals surface area contributed by atoms with Gasteiger partial charge in [0.1, 0.15) is 11.6 Å². The van der Waals surface area contributed by atoms with Gasteiger partial charge in [-0.3, -0.25) is 9.59 Å². The predicted octanol–water partition coefficient (Wildman–Crippen LogP) is 0.803. The van der Waals surface area contributed by atoms with Crippen LogP contribution in [0.2, 0.25) is 0 Å². The molecule has 1 unspecified atom stereocenters. The number of hydrogen-bond donors (Lipinski definition) is 3. The lowest BCUT2D eigenvalue weighted by Crippen LogP contribution is -2.86. The van der Waals surface area contributed by atoms with E-state index in [1.165, 1.54) is 29.2 Å². The molecule has 1 amide bonds. The highest BCUT2D eigenvalue weighted by molar-refractivity contribution is 6.46. The maximum Gasteiger partial charge on any atom is 0.295 e. The van der Waals surface area contributed by atoms with Gasteiger partial charge >= 0.3 is 0 Å². The normalized spacial score (nSPS) is 18.6. The zero-order valence-corrected chi connectivity index (χ0v) is 15.2. The van der Waals surface area contributed by atoms with Crippen molar-refractivity contribution in [2.24, 2.45) is 0 Å². The van der Waals surface area contributed by atoms with Crippen LogP contribution in [0.15, 0.2) is 60.2 Å². The standard InChI is InChI=1S/C21H21FN2O4/c22-16-8-6-14(7-9-16)18-17(19(26)15-4-2-1-3-5-15)20(27)21(28)24(18)12-10-23-11-13-25/h1-9,18,23,25-26H,10-13H2/p+1. The number of hydrogen-bond acceptors (Lipinski definition) is 4. The van der Waals surface area contributed by atoms with E-state index in [4.69, 9.17) is 5.11 Å². The summed E-state index contributed by atoms with van der Waals surface area (Å²) in [4.78, 5) is 26.8. The Morgan fingerprint density at radius 2 is 1.71 bits per heavy atom. The molecule has 0 aliphatic carbocycles. The third-order valence-electron chi connectivity index (χ3n) is 4.68. The molecule has 3 rings (SSSR count). The van der Waals surface area contributed by atoms with Crippen LogP contribution in [0.25, 0.3) is 5.76 Å². The van der Waals surface area contributed by atoms with Gasteiger partial charge in [-0.25, -0.2) is 4.39 Å².